The number of nitriles is 1. The number of benzene rings is 3. The maximum atomic E-state index is 13.9. The van der Waals surface area contributed by atoms with E-state index in [0.717, 1.165) is 39.9 Å². The monoisotopic (exact) mass is 615 g/mol. The molecule has 208 valence electrons. The van der Waals surface area contributed by atoms with Crippen LogP contribution in [0, 0.1) is 17.1 Å². The van der Waals surface area contributed by atoms with Gasteiger partial charge in [0.05, 0.1) is 53.0 Å². The summed E-state index contributed by atoms with van der Waals surface area (Å²) in [5, 5.41) is 20.7. The third-order valence-electron chi connectivity index (χ3n) is 7.82. The normalized spacial score (nSPS) is 17.3. The van der Waals surface area contributed by atoms with E-state index in [1.165, 1.54) is 12.1 Å². The summed E-state index contributed by atoms with van der Waals surface area (Å²) in [6.45, 7) is 3.08. The molecule has 8 nitrogen and oxygen atoms in total. The molecule has 2 aromatic heterocycles. The lowest BCUT2D eigenvalue weighted by Crippen LogP contribution is -2.52. The summed E-state index contributed by atoms with van der Waals surface area (Å²) in [4.78, 5) is 20.5. The summed E-state index contributed by atoms with van der Waals surface area (Å²) in [7, 11) is 1.92. The van der Waals surface area contributed by atoms with Crippen LogP contribution in [0.15, 0.2) is 65.3 Å². The number of amides is 1. The van der Waals surface area contributed by atoms with Crippen molar-refractivity contribution in [2.75, 3.05) is 19.8 Å². The molecule has 0 bridgehead atoms. The van der Waals surface area contributed by atoms with Crippen molar-refractivity contribution in [3.05, 3.63) is 87.8 Å². The van der Waals surface area contributed by atoms with Crippen molar-refractivity contribution in [3.63, 3.8) is 0 Å². The van der Waals surface area contributed by atoms with Gasteiger partial charge in [-0.15, -0.1) is 0 Å². The lowest BCUT2D eigenvalue weighted by molar-refractivity contribution is -0.0752. The van der Waals surface area contributed by atoms with Gasteiger partial charge in [0.25, 0.3) is 5.91 Å². The summed E-state index contributed by atoms with van der Waals surface area (Å²) in [5.74, 6) is 0.133. The summed E-state index contributed by atoms with van der Waals surface area (Å²) in [5.41, 5.74) is 5.14. The van der Waals surface area contributed by atoms with Gasteiger partial charge in [-0.2, -0.15) is 5.26 Å². The number of aryl methyl sites for hydroxylation is 2. The summed E-state index contributed by atoms with van der Waals surface area (Å²) in [6, 6.07) is 16.8. The molecule has 5 aromatic rings. The Hall–Kier alpha value is -4.04. The van der Waals surface area contributed by atoms with E-state index in [-0.39, 0.29) is 24.9 Å². The van der Waals surface area contributed by atoms with Crippen LogP contribution >= 0.6 is 15.9 Å². The molecular formula is C31H27BrFN5O3. The summed E-state index contributed by atoms with van der Waals surface area (Å²) in [6.07, 6.45) is 1.46. The number of halogens is 2. The molecule has 3 aromatic carbocycles. The summed E-state index contributed by atoms with van der Waals surface area (Å²) < 4.78 is 24.1. The Morgan fingerprint density at radius 3 is 2.68 bits per heavy atom. The first-order valence-electron chi connectivity index (χ1n) is 13.3. The first kappa shape index (κ1) is 27.1. The molecule has 1 N–H and O–H groups in total. The highest BCUT2D eigenvalue weighted by Crippen LogP contribution is 2.36. The molecule has 1 saturated heterocycles. The molecule has 0 spiro atoms. The minimum absolute atomic E-state index is 0.248. The smallest absolute Gasteiger partial charge is 0.255 e. The van der Waals surface area contributed by atoms with Crippen molar-refractivity contribution in [3.8, 4) is 17.5 Å². The molecule has 0 radical (unpaired) electrons. The Morgan fingerprint density at radius 2 is 1.98 bits per heavy atom. The fraction of sp³-hybridized carbons (Fsp3) is 0.258. The third-order valence-corrected chi connectivity index (χ3v) is 8.47. The lowest BCUT2D eigenvalue weighted by atomic mass is 9.98. The van der Waals surface area contributed by atoms with Crippen molar-refractivity contribution in [1.29, 1.82) is 5.26 Å². The zero-order valence-electron chi connectivity index (χ0n) is 22.5. The average Bonchev–Trinajstić information content (AvgIpc) is 3.52. The topological polar surface area (TPSA) is 96.3 Å². The van der Waals surface area contributed by atoms with E-state index in [2.05, 4.69) is 33.5 Å². The van der Waals surface area contributed by atoms with Gasteiger partial charge in [-0.1, -0.05) is 18.2 Å². The zero-order valence-corrected chi connectivity index (χ0v) is 24.1. The number of carbonyl (C=O) groups is 1. The van der Waals surface area contributed by atoms with Crippen molar-refractivity contribution in [2.24, 2.45) is 7.05 Å². The number of rotatable bonds is 5. The van der Waals surface area contributed by atoms with E-state index in [0.29, 0.717) is 27.7 Å². The molecule has 2 atom stereocenters. The van der Waals surface area contributed by atoms with Crippen LogP contribution in [0.1, 0.15) is 34.5 Å². The molecule has 0 saturated carbocycles. The first-order chi connectivity index (χ1) is 19.8. The molecule has 1 amide bonds. The van der Waals surface area contributed by atoms with Crippen LogP contribution in [0.5, 0.6) is 0 Å². The zero-order chi connectivity index (χ0) is 28.8. The number of hydrogen-bond acceptors (Lipinski definition) is 5. The molecule has 3 heterocycles. The number of aliphatic hydroxyl groups is 1. The van der Waals surface area contributed by atoms with E-state index < -0.39 is 12.1 Å². The fourth-order valence-corrected chi connectivity index (χ4v) is 6.21. The predicted molar refractivity (Wildman–Crippen MR) is 157 cm³/mol. The van der Waals surface area contributed by atoms with Crippen LogP contribution in [-0.4, -0.2) is 55.8 Å². The minimum atomic E-state index is -0.634. The van der Waals surface area contributed by atoms with Crippen LogP contribution in [-0.2, 0) is 18.3 Å². The molecule has 0 unspecified atom stereocenters. The molecule has 1 aliphatic rings. The second-order valence-corrected chi connectivity index (χ2v) is 10.9. The SMILES string of the molecule is CCn1cc(-c2nc3cc(Br)c(C(=O)N4CCO[C@@H](c5ccc(F)cc5)[C@@H]4CO)cc3n2C)c2ccc(C#N)cc21. The van der Waals surface area contributed by atoms with E-state index in [1.807, 2.05) is 42.1 Å². The second-order valence-electron chi connectivity index (χ2n) is 10.1. The van der Waals surface area contributed by atoms with Crippen LogP contribution in [0.25, 0.3) is 33.3 Å². The lowest BCUT2D eigenvalue weighted by Gasteiger charge is -2.40. The number of ether oxygens (including phenoxy) is 1. The van der Waals surface area contributed by atoms with Crippen molar-refractivity contribution >= 4 is 43.8 Å². The van der Waals surface area contributed by atoms with Crippen molar-refractivity contribution < 1.29 is 19.0 Å². The summed E-state index contributed by atoms with van der Waals surface area (Å²) >= 11 is 3.59. The van der Waals surface area contributed by atoms with Crippen molar-refractivity contribution in [1.82, 2.24) is 19.0 Å². The van der Waals surface area contributed by atoms with Crippen LogP contribution < -0.4 is 0 Å². The Labute approximate surface area is 244 Å². The van der Waals surface area contributed by atoms with Gasteiger partial charge in [-0.25, -0.2) is 9.37 Å². The highest BCUT2D eigenvalue weighted by Gasteiger charge is 2.37. The quantitative estimate of drug-likeness (QED) is 0.279. The van der Waals surface area contributed by atoms with Crippen LogP contribution in [0.2, 0.25) is 0 Å². The average molecular weight is 616 g/mol. The Morgan fingerprint density at radius 1 is 1.20 bits per heavy atom. The van der Waals surface area contributed by atoms with Gasteiger partial charge in [0, 0.05) is 41.8 Å². The molecular weight excluding hydrogens is 589 g/mol. The van der Waals surface area contributed by atoms with E-state index in [4.69, 9.17) is 9.72 Å². The van der Waals surface area contributed by atoms with Gasteiger partial charge < -0.3 is 23.9 Å². The third kappa shape index (κ3) is 4.60. The molecule has 1 fully saturated rings. The van der Waals surface area contributed by atoms with Crippen molar-refractivity contribution in [2.45, 2.75) is 25.6 Å². The van der Waals surface area contributed by atoms with Crippen LogP contribution in [0.4, 0.5) is 4.39 Å². The standard InChI is InChI=1S/C31H27BrFN5O3/c1-3-37-16-23(21-9-4-18(15-34)12-26(21)37)30-35-25-14-24(32)22(13-27(25)36(30)2)31(40)38-10-11-41-29(28(38)17-39)19-5-7-20(33)8-6-19/h4-9,12-14,16,28-29,39H,3,10-11,17H2,1-2H3/t28-,29-/m0/s1. The Bertz CT molecular complexity index is 1840. The number of morpholine rings is 1. The van der Waals surface area contributed by atoms with Gasteiger partial charge in [0.1, 0.15) is 17.7 Å². The van der Waals surface area contributed by atoms with Gasteiger partial charge in [0.15, 0.2) is 0 Å². The maximum Gasteiger partial charge on any atom is 0.255 e. The van der Waals surface area contributed by atoms with Gasteiger partial charge in [0.2, 0.25) is 0 Å². The van der Waals surface area contributed by atoms with E-state index in [1.54, 1.807) is 23.1 Å². The Kier molecular flexibility index (Phi) is 7.11. The molecule has 6 rings (SSSR count). The number of carbonyl (C=O) groups excluding carboxylic acids is 1. The van der Waals surface area contributed by atoms with E-state index >= 15 is 0 Å². The second kappa shape index (κ2) is 10.7. The van der Waals surface area contributed by atoms with Gasteiger partial charge in [-0.05, 0) is 64.8 Å². The first-order valence-corrected chi connectivity index (χ1v) is 14.1. The molecule has 0 aliphatic carbocycles. The number of hydrogen-bond donors (Lipinski definition) is 1. The number of fused-ring (bicyclic) bond motifs is 2. The number of aromatic nitrogens is 3. The molecule has 1 aliphatic heterocycles. The van der Waals surface area contributed by atoms with E-state index in [9.17, 15) is 19.6 Å². The highest BCUT2D eigenvalue weighted by molar-refractivity contribution is 9.10. The largest absolute Gasteiger partial charge is 0.394 e. The maximum absolute atomic E-state index is 13.9. The Balaban J connectivity index is 1.40. The molecule has 41 heavy (non-hydrogen) atoms. The number of aliphatic hydroxyl groups excluding tert-OH is 1. The molecule has 10 heteroatoms. The van der Waals surface area contributed by atoms with Gasteiger partial charge >= 0.3 is 0 Å². The van der Waals surface area contributed by atoms with Gasteiger partial charge in [-0.3, -0.25) is 4.79 Å². The highest BCUT2D eigenvalue weighted by atomic mass is 79.9. The minimum Gasteiger partial charge on any atom is -0.394 e. The number of nitrogens with zero attached hydrogens (tertiary/aromatic N) is 5. The predicted octanol–water partition coefficient (Wildman–Crippen LogP) is 5.56. The van der Waals surface area contributed by atoms with Crippen LogP contribution in [0.3, 0.4) is 0 Å². The number of imidazole rings is 1. The fourth-order valence-electron chi connectivity index (χ4n) is 5.71.